The predicted octanol–water partition coefficient (Wildman–Crippen LogP) is 0.396. The number of carbonyl (C=O) groups is 2. The number of carbonyl (C=O) groups excluding carboxylic acids is 2. The van der Waals surface area contributed by atoms with Crippen molar-refractivity contribution in [1.29, 1.82) is 0 Å². The predicted molar refractivity (Wildman–Crippen MR) is 83.9 cm³/mol. The van der Waals surface area contributed by atoms with Gasteiger partial charge in [0.15, 0.2) is 5.82 Å². The van der Waals surface area contributed by atoms with Crippen molar-refractivity contribution in [3.63, 3.8) is 0 Å². The number of hydrogen-bond acceptors (Lipinski definition) is 6. The molecule has 0 radical (unpaired) electrons. The lowest BCUT2D eigenvalue weighted by Gasteiger charge is -2.31. The van der Waals surface area contributed by atoms with Gasteiger partial charge in [-0.25, -0.2) is 0 Å². The summed E-state index contributed by atoms with van der Waals surface area (Å²) in [5.74, 6) is -0.154. The highest BCUT2D eigenvalue weighted by Gasteiger charge is 2.21. The molecule has 8 heteroatoms. The van der Waals surface area contributed by atoms with E-state index in [2.05, 4.69) is 20.7 Å². The Hall–Kier alpha value is -1.93. The van der Waals surface area contributed by atoms with Crippen molar-refractivity contribution < 1.29 is 18.8 Å². The molecule has 1 aromatic heterocycles. The molecule has 0 atom stereocenters. The zero-order valence-corrected chi connectivity index (χ0v) is 13.6. The molecule has 128 valence electrons. The summed E-state index contributed by atoms with van der Waals surface area (Å²) in [7, 11) is 1.70. The summed E-state index contributed by atoms with van der Waals surface area (Å²) >= 11 is 0. The fourth-order valence-electron chi connectivity index (χ4n) is 2.55. The summed E-state index contributed by atoms with van der Waals surface area (Å²) in [4.78, 5) is 25.9. The molecule has 0 aliphatic carbocycles. The quantitative estimate of drug-likeness (QED) is 0.735. The normalized spacial score (nSPS) is 16.3. The molecule has 1 saturated heterocycles. The number of nitrogens with zero attached hydrogens (tertiary/aromatic N) is 2. The van der Waals surface area contributed by atoms with Crippen LogP contribution >= 0.6 is 0 Å². The Morgan fingerprint density at radius 2 is 2.13 bits per heavy atom. The Kier molecular flexibility index (Phi) is 6.54. The SMILES string of the molecule is COCCN1CCC(CNC(=O)C(=O)Nc2cc(C)on2)CC1. The number of ether oxygens (including phenoxy) is 1. The molecule has 0 spiro atoms. The van der Waals surface area contributed by atoms with E-state index in [0.717, 1.165) is 39.1 Å². The number of hydrogen-bond donors (Lipinski definition) is 2. The number of aryl methyl sites for hydroxylation is 1. The lowest BCUT2D eigenvalue weighted by atomic mass is 9.97. The Morgan fingerprint density at radius 1 is 1.39 bits per heavy atom. The first-order valence-electron chi connectivity index (χ1n) is 7.82. The molecule has 0 saturated carbocycles. The molecule has 1 aromatic rings. The Bertz CT molecular complexity index is 523. The molecule has 2 amide bonds. The van der Waals surface area contributed by atoms with Gasteiger partial charge in [-0.2, -0.15) is 0 Å². The minimum Gasteiger partial charge on any atom is -0.383 e. The molecule has 1 aliphatic rings. The zero-order chi connectivity index (χ0) is 16.7. The minimum absolute atomic E-state index is 0.245. The highest BCUT2D eigenvalue weighted by atomic mass is 16.5. The van der Waals surface area contributed by atoms with Crippen molar-refractivity contribution in [2.24, 2.45) is 5.92 Å². The molecule has 23 heavy (non-hydrogen) atoms. The van der Waals surface area contributed by atoms with Crippen LogP contribution in [0.4, 0.5) is 5.82 Å². The van der Waals surface area contributed by atoms with Crippen molar-refractivity contribution >= 4 is 17.6 Å². The van der Waals surface area contributed by atoms with E-state index in [1.165, 1.54) is 0 Å². The molecule has 2 rings (SSSR count). The van der Waals surface area contributed by atoms with Gasteiger partial charge >= 0.3 is 11.8 Å². The first-order chi connectivity index (χ1) is 11.1. The van der Waals surface area contributed by atoms with E-state index in [1.54, 1.807) is 20.1 Å². The van der Waals surface area contributed by atoms with E-state index < -0.39 is 11.8 Å². The average Bonchev–Trinajstić information content (AvgIpc) is 2.96. The van der Waals surface area contributed by atoms with Gasteiger partial charge in [0.05, 0.1) is 6.61 Å². The molecule has 2 heterocycles. The molecule has 1 aliphatic heterocycles. The van der Waals surface area contributed by atoms with E-state index in [0.29, 0.717) is 18.2 Å². The number of piperidine rings is 1. The van der Waals surface area contributed by atoms with Crippen LogP contribution in [-0.2, 0) is 14.3 Å². The van der Waals surface area contributed by atoms with Crippen molar-refractivity contribution in [2.75, 3.05) is 45.2 Å². The van der Waals surface area contributed by atoms with Gasteiger partial charge in [0.1, 0.15) is 5.76 Å². The van der Waals surface area contributed by atoms with Gasteiger partial charge in [-0.15, -0.1) is 0 Å². The van der Waals surface area contributed by atoms with Gasteiger partial charge in [0.25, 0.3) is 0 Å². The number of methoxy groups -OCH3 is 1. The van der Waals surface area contributed by atoms with Crippen LogP contribution in [0.25, 0.3) is 0 Å². The Morgan fingerprint density at radius 3 is 2.74 bits per heavy atom. The lowest BCUT2D eigenvalue weighted by molar-refractivity contribution is -0.136. The number of rotatable bonds is 6. The topological polar surface area (TPSA) is 96.7 Å². The van der Waals surface area contributed by atoms with E-state index in [9.17, 15) is 9.59 Å². The average molecular weight is 324 g/mol. The number of nitrogens with one attached hydrogen (secondary N) is 2. The molecule has 0 unspecified atom stereocenters. The smallest absolute Gasteiger partial charge is 0.314 e. The summed E-state index contributed by atoms with van der Waals surface area (Å²) in [5.41, 5.74) is 0. The van der Waals surface area contributed by atoms with E-state index in [1.807, 2.05) is 0 Å². The first kappa shape index (κ1) is 17.4. The van der Waals surface area contributed by atoms with Crippen molar-refractivity contribution in [1.82, 2.24) is 15.4 Å². The molecular formula is C15H24N4O4. The van der Waals surface area contributed by atoms with Gasteiger partial charge in [-0.1, -0.05) is 5.16 Å². The van der Waals surface area contributed by atoms with Gasteiger partial charge in [-0.3, -0.25) is 14.9 Å². The van der Waals surface area contributed by atoms with Crippen LogP contribution in [0.5, 0.6) is 0 Å². The van der Waals surface area contributed by atoms with E-state index in [-0.39, 0.29) is 5.82 Å². The monoisotopic (exact) mass is 324 g/mol. The number of likely N-dealkylation sites (tertiary alicyclic amines) is 1. The first-order valence-corrected chi connectivity index (χ1v) is 7.82. The molecular weight excluding hydrogens is 300 g/mol. The molecule has 0 aromatic carbocycles. The van der Waals surface area contributed by atoms with Gasteiger partial charge in [-0.05, 0) is 38.8 Å². The number of amides is 2. The molecule has 0 bridgehead atoms. The maximum Gasteiger partial charge on any atom is 0.314 e. The van der Waals surface area contributed by atoms with Crippen LogP contribution in [0.2, 0.25) is 0 Å². The fourth-order valence-corrected chi connectivity index (χ4v) is 2.55. The number of anilines is 1. The molecule has 1 fully saturated rings. The standard InChI is InChI=1S/C15H24N4O4/c1-11-9-13(18-23-11)17-15(21)14(20)16-10-12-3-5-19(6-4-12)7-8-22-2/h9,12H,3-8,10H2,1-2H3,(H,16,20)(H,17,18,21). The maximum atomic E-state index is 11.8. The second kappa shape index (κ2) is 8.64. The van der Waals surface area contributed by atoms with Gasteiger partial charge in [0.2, 0.25) is 0 Å². The third kappa shape index (κ3) is 5.65. The van der Waals surface area contributed by atoms with Crippen LogP contribution in [0.1, 0.15) is 18.6 Å². The highest BCUT2D eigenvalue weighted by molar-refractivity contribution is 6.39. The number of aromatic nitrogens is 1. The summed E-state index contributed by atoms with van der Waals surface area (Å²) in [6.45, 7) is 5.89. The zero-order valence-electron chi connectivity index (χ0n) is 13.6. The third-order valence-electron chi connectivity index (χ3n) is 3.95. The van der Waals surface area contributed by atoms with Crippen molar-refractivity contribution in [3.8, 4) is 0 Å². The van der Waals surface area contributed by atoms with Crippen LogP contribution in [0.15, 0.2) is 10.6 Å². The summed E-state index contributed by atoms with van der Waals surface area (Å²) in [6, 6.07) is 1.56. The second-order valence-electron chi connectivity index (χ2n) is 5.76. The summed E-state index contributed by atoms with van der Waals surface area (Å²) < 4.78 is 9.90. The Labute approximate surface area is 135 Å². The fraction of sp³-hybridized carbons (Fsp3) is 0.667. The largest absolute Gasteiger partial charge is 0.383 e. The van der Waals surface area contributed by atoms with Crippen LogP contribution in [-0.4, -0.2) is 61.8 Å². The van der Waals surface area contributed by atoms with Crippen molar-refractivity contribution in [3.05, 3.63) is 11.8 Å². The highest BCUT2D eigenvalue weighted by Crippen LogP contribution is 2.16. The van der Waals surface area contributed by atoms with Crippen LogP contribution < -0.4 is 10.6 Å². The molecule has 2 N–H and O–H groups in total. The summed E-state index contributed by atoms with van der Waals surface area (Å²) in [5, 5.41) is 8.71. The second-order valence-corrected chi connectivity index (χ2v) is 5.76. The van der Waals surface area contributed by atoms with Crippen molar-refractivity contribution in [2.45, 2.75) is 19.8 Å². The lowest BCUT2D eigenvalue weighted by Crippen LogP contribution is -2.42. The maximum absolute atomic E-state index is 11.8. The van der Waals surface area contributed by atoms with E-state index >= 15 is 0 Å². The van der Waals surface area contributed by atoms with Gasteiger partial charge in [0, 0.05) is 26.3 Å². The Balaban J connectivity index is 1.65. The van der Waals surface area contributed by atoms with E-state index in [4.69, 9.17) is 9.26 Å². The molecule has 8 nitrogen and oxygen atoms in total. The minimum atomic E-state index is -0.726. The van der Waals surface area contributed by atoms with Gasteiger partial charge < -0.3 is 19.5 Å². The van der Waals surface area contributed by atoms with Crippen LogP contribution in [0, 0.1) is 12.8 Å². The third-order valence-corrected chi connectivity index (χ3v) is 3.95. The van der Waals surface area contributed by atoms with Crippen LogP contribution in [0.3, 0.4) is 0 Å². The summed E-state index contributed by atoms with van der Waals surface area (Å²) in [6.07, 6.45) is 2.02.